The molecule has 0 heterocycles. The van der Waals surface area contributed by atoms with Crippen LogP contribution in [0.2, 0.25) is 0 Å². The first-order chi connectivity index (χ1) is 9.06. The summed E-state index contributed by atoms with van der Waals surface area (Å²) in [4.78, 5) is 1.99. The number of hydrogen-bond acceptors (Lipinski definition) is 5. The number of benzene rings is 2. The van der Waals surface area contributed by atoms with E-state index < -0.39 is 0 Å². The molecule has 0 bridgehead atoms. The molecule has 0 fully saturated rings. The van der Waals surface area contributed by atoms with Crippen molar-refractivity contribution in [2.45, 2.75) is 0 Å². The average Bonchev–Trinajstić information content (AvgIpc) is 2.38. The third-order valence-corrected chi connectivity index (χ3v) is 2.60. The second-order valence-corrected chi connectivity index (χ2v) is 4.28. The van der Waals surface area contributed by atoms with Crippen molar-refractivity contribution < 1.29 is 10.2 Å². The molecule has 0 atom stereocenters. The van der Waals surface area contributed by atoms with E-state index in [9.17, 15) is 5.11 Å². The molecule has 2 rings (SSSR count). The van der Waals surface area contributed by atoms with Gasteiger partial charge in [0.2, 0.25) is 0 Å². The zero-order valence-corrected chi connectivity index (χ0v) is 10.8. The SMILES string of the molecule is CN(C)c1ccc(N=Nc2ccc(O)cc2O)cc1. The number of nitrogens with zero attached hydrogens (tertiary/aromatic N) is 3. The lowest BCUT2D eigenvalue weighted by Crippen LogP contribution is -2.07. The molecule has 0 aromatic heterocycles. The van der Waals surface area contributed by atoms with Gasteiger partial charge in [-0.2, -0.15) is 5.11 Å². The third-order valence-electron chi connectivity index (χ3n) is 2.60. The summed E-state index contributed by atoms with van der Waals surface area (Å²) < 4.78 is 0. The van der Waals surface area contributed by atoms with Crippen molar-refractivity contribution in [1.82, 2.24) is 0 Å². The number of azo groups is 1. The Morgan fingerprint density at radius 2 is 1.58 bits per heavy atom. The van der Waals surface area contributed by atoms with Crippen molar-refractivity contribution in [2.75, 3.05) is 19.0 Å². The van der Waals surface area contributed by atoms with Crippen LogP contribution in [0.25, 0.3) is 0 Å². The highest BCUT2D eigenvalue weighted by Crippen LogP contribution is 2.31. The quantitative estimate of drug-likeness (QED) is 0.826. The van der Waals surface area contributed by atoms with E-state index in [0.29, 0.717) is 11.4 Å². The van der Waals surface area contributed by atoms with Gasteiger partial charge in [0.15, 0.2) is 0 Å². The molecule has 0 saturated carbocycles. The molecule has 0 spiro atoms. The Morgan fingerprint density at radius 3 is 2.16 bits per heavy atom. The maximum Gasteiger partial charge on any atom is 0.146 e. The molecule has 98 valence electrons. The average molecular weight is 257 g/mol. The normalized spacial score (nSPS) is 10.8. The van der Waals surface area contributed by atoms with Gasteiger partial charge in [0.25, 0.3) is 0 Å². The first-order valence-electron chi connectivity index (χ1n) is 5.77. The van der Waals surface area contributed by atoms with E-state index in [2.05, 4.69) is 10.2 Å². The maximum absolute atomic E-state index is 9.57. The van der Waals surface area contributed by atoms with Crippen LogP contribution in [-0.2, 0) is 0 Å². The molecule has 0 aliphatic carbocycles. The smallest absolute Gasteiger partial charge is 0.146 e. The fourth-order valence-electron chi connectivity index (χ4n) is 1.53. The molecular weight excluding hydrogens is 242 g/mol. The summed E-state index contributed by atoms with van der Waals surface area (Å²) in [6.45, 7) is 0. The van der Waals surface area contributed by atoms with Crippen molar-refractivity contribution in [3.8, 4) is 11.5 Å². The summed E-state index contributed by atoms with van der Waals surface area (Å²) in [6.07, 6.45) is 0. The van der Waals surface area contributed by atoms with Crippen molar-refractivity contribution in [3.63, 3.8) is 0 Å². The highest BCUT2D eigenvalue weighted by molar-refractivity contribution is 5.55. The summed E-state index contributed by atoms with van der Waals surface area (Å²) >= 11 is 0. The summed E-state index contributed by atoms with van der Waals surface area (Å²) in [7, 11) is 3.93. The topological polar surface area (TPSA) is 68.4 Å². The van der Waals surface area contributed by atoms with Crippen LogP contribution >= 0.6 is 0 Å². The zero-order chi connectivity index (χ0) is 13.8. The maximum atomic E-state index is 9.57. The summed E-state index contributed by atoms with van der Waals surface area (Å²) in [5.74, 6) is -0.111. The van der Waals surface area contributed by atoms with Gasteiger partial charge in [0, 0.05) is 25.8 Å². The molecule has 5 nitrogen and oxygen atoms in total. The number of hydrogen-bond donors (Lipinski definition) is 2. The number of aromatic hydroxyl groups is 2. The lowest BCUT2D eigenvalue weighted by molar-refractivity contribution is 0.451. The molecule has 0 saturated heterocycles. The zero-order valence-electron chi connectivity index (χ0n) is 10.8. The van der Waals surface area contributed by atoms with Crippen LogP contribution < -0.4 is 4.90 Å². The van der Waals surface area contributed by atoms with Gasteiger partial charge < -0.3 is 15.1 Å². The van der Waals surface area contributed by atoms with E-state index in [1.807, 2.05) is 43.3 Å². The van der Waals surface area contributed by atoms with Crippen LogP contribution in [0.1, 0.15) is 0 Å². The Bertz CT molecular complexity index is 592. The van der Waals surface area contributed by atoms with Gasteiger partial charge in [-0.25, -0.2) is 0 Å². The van der Waals surface area contributed by atoms with Crippen molar-refractivity contribution in [2.24, 2.45) is 10.2 Å². The predicted molar refractivity (Wildman–Crippen MR) is 74.7 cm³/mol. The molecule has 0 unspecified atom stereocenters. The Balaban J connectivity index is 2.18. The van der Waals surface area contributed by atoms with E-state index in [4.69, 9.17) is 5.11 Å². The Kier molecular flexibility index (Phi) is 3.66. The van der Waals surface area contributed by atoms with Gasteiger partial charge in [-0.3, -0.25) is 0 Å². The Morgan fingerprint density at radius 1 is 0.895 bits per heavy atom. The van der Waals surface area contributed by atoms with Crippen LogP contribution in [-0.4, -0.2) is 24.3 Å². The minimum atomic E-state index is -0.103. The second kappa shape index (κ2) is 5.39. The Labute approximate surface area is 111 Å². The summed E-state index contributed by atoms with van der Waals surface area (Å²) in [5.41, 5.74) is 2.08. The molecule has 0 aliphatic heterocycles. The summed E-state index contributed by atoms with van der Waals surface area (Å²) in [5, 5.41) is 26.7. The van der Waals surface area contributed by atoms with Crippen molar-refractivity contribution >= 4 is 17.1 Å². The molecule has 2 aromatic carbocycles. The van der Waals surface area contributed by atoms with Gasteiger partial charge >= 0.3 is 0 Å². The number of rotatable bonds is 3. The first kappa shape index (κ1) is 12.9. The van der Waals surface area contributed by atoms with Crippen LogP contribution in [0.5, 0.6) is 11.5 Å². The second-order valence-electron chi connectivity index (χ2n) is 4.28. The molecule has 19 heavy (non-hydrogen) atoms. The van der Waals surface area contributed by atoms with Crippen molar-refractivity contribution in [1.29, 1.82) is 0 Å². The predicted octanol–water partition coefficient (Wildman–Crippen LogP) is 3.58. The molecule has 0 aliphatic rings. The van der Waals surface area contributed by atoms with E-state index in [1.165, 1.54) is 18.2 Å². The monoisotopic (exact) mass is 257 g/mol. The largest absolute Gasteiger partial charge is 0.508 e. The standard InChI is InChI=1S/C14H15N3O2/c1-17(2)11-5-3-10(4-6-11)15-16-13-8-7-12(18)9-14(13)19/h3-9,18-19H,1-2H3. The highest BCUT2D eigenvalue weighted by atomic mass is 16.3. The van der Waals surface area contributed by atoms with Crippen LogP contribution in [0, 0.1) is 0 Å². The highest BCUT2D eigenvalue weighted by Gasteiger charge is 2.00. The molecule has 0 radical (unpaired) electrons. The number of anilines is 1. The third kappa shape index (κ3) is 3.22. The van der Waals surface area contributed by atoms with Gasteiger partial charge in [-0.15, -0.1) is 5.11 Å². The van der Waals surface area contributed by atoms with E-state index in [1.54, 1.807) is 0 Å². The molecule has 2 N–H and O–H groups in total. The van der Waals surface area contributed by atoms with Crippen LogP contribution in [0.15, 0.2) is 52.7 Å². The Hall–Kier alpha value is -2.56. The molecule has 0 amide bonds. The summed E-state index contributed by atoms with van der Waals surface area (Å²) in [6, 6.07) is 11.7. The minimum Gasteiger partial charge on any atom is -0.508 e. The lowest BCUT2D eigenvalue weighted by atomic mass is 10.3. The minimum absolute atomic E-state index is 0.00761. The van der Waals surface area contributed by atoms with Gasteiger partial charge in [0.05, 0.1) is 5.69 Å². The lowest BCUT2D eigenvalue weighted by Gasteiger charge is -2.11. The van der Waals surface area contributed by atoms with Crippen molar-refractivity contribution in [3.05, 3.63) is 42.5 Å². The van der Waals surface area contributed by atoms with Crippen LogP contribution in [0.3, 0.4) is 0 Å². The molecule has 5 heteroatoms. The number of phenols is 2. The van der Waals surface area contributed by atoms with Crippen LogP contribution in [0.4, 0.5) is 17.1 Å². The van der Waals surface area contributed by atoms with E-state index >= 15 is 0 Å². The fraction of sp³-hybridized carbons (Fsp3) is 0.143. The van der Waals surface area contributed by atoms with Gasteiger partial charge in [-0.05, 0) is 36.4 Å². The number of phenolic OH excluding ortho intramolecular Hbond substituents is 2. The van der Waals surface area contributed by atoms with E-state index in [-0.39, 0.29) is 11.5 Å². The first-order valence-corrected chi connectivity index (χ1v) is 5.77. The molecular formula is C14H15N3O2. The van der Waals surface area contributed by atoms with E-state index in [0.717, 1.165) is 5.69 Å². The van der Waals surface area contributed by atoms with Gasteiger partial charge in [-0.1, -0.05) is 0 Å². The van der Waals surface area contributed by atoms with Gasteiger partial charge in [0.1, 0.15) is 17.2 Å². The fourth-order valence-corrected chi connectivity index (χ4v) is 1.53. The molecule has 2 aromatic rings.